The maximum absolute atomic E-state index is 5.50. The van der Waals surface area contributed by atoms with Crippen LogP contribution in [0.3, 0.4) is 0 Å². The van der Waals surface area contributed by atoms with E-state index >= 15 is 0 Å². The van der Waals surface area contributed by atoms with Crippen molar-refractivity contribution < 1.29 is 9.15 Å². The molecule has 4 heterocycles. The van der Waals surface area contributed by atoms with Gasteiger partial charge in [-0.25, -0.2) is 0 Å². The molecule has 3 aromatic rings. The van der Waals surface area contributed by atoms with Crippen LogP contribution in [0.5, 0.6) is 0 Å². The Hall–Kier alpha value is -2.67. The van der Waals surface area contributed by atoms with Crippen molar-refractivity contribution in [2.24, 2.45) is 0 Å². The highest BCUT2D eigenvalue weighted by Gasteiger charge is 2.22. The number of ether oxygens (including phenoxy) is 1. The van der Waals surface area contributed by atoms with Gasteiger partial charge >= 0.3 is 0 Å². The van der Waals surface area contributed by atoms with Crippen molar-refractivity contribution in [3.05, 3.63) is 48.6 Å². The third-order valence-corrected chi connectivity index (χ3v) is 3.81. The predicted octanol–water partition coefficient (Wildman–Crippen LogP) is 1.82. The molecule has 0 unspecified atom stereocenters. The fourth-order valence-corrected chi connectivity index (χ4v) is 2.68. The van der Waals surface area contributed by atoms with Gasteiger partial charge in [-0.15, -0.1) is 10.2 Å². The second-order valence-electron chi connectivity index (χ2n) is 5.30. The molecule has 1 aliphatic rings. The second kappa shape index (κ2) is 6.21. The van der Waals surface area contributed by atoms with Crippen molar-refractivity contribution in [3.63, 3.8) is 0 Å². The molecular weight excluding hydrogens is 294 g/mol. The summed E-state index contributed by atoms with van der Waals surface area (Å²) in [6.45, 7) is 3.58. The number of pyridine rings is 1. The summed E-state index contributed by atoms with van der Waals surface area (Å²) in [4.78, 5) is 6.59. The first-order valence-corrected chi connectivity index (χ1v) is 7.61. The van der Waals surface area contributed by atoms with Gasteiger partial charge in [-0.3, -0.25) is 9.55 Å². The molecule has 0 aliphatic carbocycles. The molecular formula is C16H17N5O2. The fourth-order valence-electron chi connectivity index (χ4n) is 2.68. The predicted molar refractivity (Wildman–Crippen MR) is 84.1 cm³/mol. The molecule has 1 fully saturated rings. The van der Waals surface area contributed by atoms with Crippen molar-refractivity contribution >= 4 is 5.95 Å². The summed E-state index contributed by atoms with van der Waals surface area (Å²) in [6, 6.07) is 9.61. The normalized spacial score (nSPS) is 15.0. The van der Waals surface area contributed by atoms with E-state index in [1.807, 2.05) is 34.9 Å². The van der Waals surface area contributed by atoms with Crippen LogP contribution in [0.4, 0.5) is 5.95 Å². The van der Waals surface area contributed by atoms with E-state index in [9.17, 15) is 0 Å². The largest absolute Gasteiger partial charge is 0.467 e. The zero-order chi connectivity index (χ0) is 15.5. The first kappa shape index (κ1) is 14.0. The van der Waals surface area contributed by atoms with Gasteiger partial charge in [0.15, 0.2) is 5.82 Å². The first-order chi connectivity index (χ1) is 11.4. The monoisotopic (exact) mass is 311 g/mol. The van der Waals surface area contributed by atoms with Crippen LogP contribution in [0.15, 0.2) is 47.2 Å². The van der Waals surface area contributed by atoms with Crippen molar-refractivity contribution in [1.29, 1.82) is 0 Å². The molecule has 0 N–H and O–H groups in total. The van der Waals surface area contributed by atoms with E-state index in [0.717, 1.165) is 36.3 Å². The summed E-state index contributed by atoms with van der Waals surface area (Å²) < 4.78 is 13.0. The van der Waals surface area contributed by atoms with Gasteiger partial charge < -0.3 is 14.1 Å². The minimum absolute atomic E-state index is 0.568. The standard InChI is InChI=1S/C16H17N5O2/c1-2-6-17-14(5-1)15-18-19-16(20-7-10-22-11-8-20)21(15)12-13-4-3-9-23-13/h1-6,9H,7-8,10-12H2. The summed E-state index contributed by atoms with van der Waals surface area (Å²) in [6.07, 6.45) is 3.43. The zero-order valence-corrected chi connectivity index (χ0v) is 12.6. The van der Waals surface area contributed by atoms with Gasteiger partial charge in [-0.05, 0) is 24.3 Å². The smallest absolute Gasteiger partial charge is 0.228 e. The number of aromatic nitrogens is 4. The molecule has 0 spiro atoms. The van der Waals surface area contributed by atoms with Crippen LogP contribution >= 0.6 is 0 Å². The van der Waals surface area contributed by atoms with Crippen molar-refractivity contribution in [3.8, 4) is 11.5 Å². The quantitative estimate of drug-likeness (QED) is 0.732. The van der Waals surface area contributed by atoms with E-state index in [4.69, 9.17) is 9.15 Å². The van der Waals surface area contributed by atoms with Gasteiger partial charge in [-0.1, -0.05) is 6.07 Å². The van der Waals surface area contributed by atoms with E-state index < -0.39 is 0 Å². The van der Waals surface area contributed by atoms with Crippen LogP contribution in [0.1, 0.15) is 5.76 Å². The lowest BCUT2D eigenvalue weighted by molar-refractivity contribution is 0.121. The van der Waals surface area contributed by atoms with Gasteiger partial charge in [-0.2, -0.15) is 0 Å². The number of rotatable bonds is 4. The third-order valence-electron chi connectivity index (χ3n) is 3.81. The Labute approximate surface area is 133 Å². The summed E-state index contributed by atoms with van der Waals surface area (Å²) >= 11 is 0. The molecule has 1 aliphatic heterocycles. The molecule has 0 atom stereocenters. The number of anilines is 1. The number of morpholine rings is 1. The number of furan rings is 1. The molecule has 0 bridgehead atoms. The molecule has 0 amide bonds. The lowest BCUT2D eigenvalue weighted by Gasteiger charge is -2.27. The highest BCUT2D eigenvalue weighted by atomic mass is 16.5. The van der Waals surface area contributed by atoms with Crippen LogP contribution in [0.25, 0.3) is 11.5 Å². The topological polar surface area (TPSA) is 69.2 Å². The molecule has 0 saturated carbocycles. The molecule has 7 heteroatoms. The molecule has 23 heavy (non-hydrogen) atoms. The van der Waals surface area contributed by atoms with Gasteiger partial charge in [0.1, 0.15) is 11.5 Å². The van der Waals surface area contributed by atoms with Gasteiger partial charge in [0, 0.05) is 19.3 Å². The maximum Gasteiger partial charge on any atom is 0.228 e. The third kappa shape index (κ3) is 2.83. The average Bonchev–Trinajstić information content (AvgIpc) is 3.27. The summed E-state index contributed by atoms with van der Waals surface area (Å²) in [7, 11) is 0. The maximum atomic E-state index is 5.50. The van der Waals surface area contributed by atoms with Crippen LogP contribution in [0.2, 0.25) is 0 Å². The number of hydrogen-bond acceptors (Lipinski definition) is 6. The highest BCUT2D eigenvalue weighted by molar-refractivity contribution is 5.53. The van der Waals surface area contributed by atoms with E-state index in [-0.39, 0.29) is 0 Å². The molecule has 7 nitrogen and oxygen atoms in total. The molecule has 0 aromatic carbocycles. The van der Waals surface area contributed by atoms with Crippen LogP contribution in [-0.4, -0.2) is 46.1 Å². The molecule has 1 saturated heterocycles. The molecule has 0 radical (unpaired) electrons. The molecule has 3 aromatic heterocycles. The Morgan fingerprint density at radius 2 is 1.96 bits per heavy atom. The van der Waals surface area contributed by atoms with Gasteiger partial charge in [0.2, 0.25) is 5.95 Å². The molecule has 118 valence electrons. The first-order valence-electron chi connectivity index (χ1n) is 7.61. The molecule has 4 rings (SSSR count). The van der Waals surface area contributed by atoms with E-state index in [2.05, 4.69) is 20.1 Å². The number of nitrogens with zero attached hydrogens (tertiary/aromatic N) is 5. The van der Waals surface area contributed by atoms with Crippen molar-refractivity contribution in [2.45, 2.75) is 6.54 Å². The minimum atomic E-state index is 0.568. The SMILES string of the molecule is c1ccc(-c2nnc(N3CCOCC3)n2Cc2ccco2)nc1. The summed E-state index contributed by atoms with van der Waals surface area (Å²) in [5.74, 6) is 2.42. The summed E-state index contributed by atoms with van der Waals surface area (Å²) in [5, 5.41) is 8.77. The number of hydrogen-bond donors (Lipinski definition) is 0. The van der Waals surface area contributed by atoms with E-state index in [1.165, 1.54) is 0 Å². The van der Waals surface area contributed by atoms with Gasteiger partial charge in [0.05, 0.1) is 26.0 Å². The average molecular weight is 311 g/mol. The second-order valence-corrected chi connectivity index (χ2v) is 5.30. The Morgan fingerprint density at radius 3 is 2.70 bits per heavy atom. The lowest BCUT2D eigenvalue weighted by atomic mass is 10.3. The lowest BCUT2D eigenvalue weighted by Crippen LogP contribution is -2.38. The van der Waals surface area contributed by atoms with Crippen molar-refractivity contribution in [2.75, 3.05) is 31.2 Å². The van der Waals surface area contributed by atoms with E-state index in [1.54, 1.807) is 12.5 Å². The van der Waals surface area contributed by atoms with Gasteiger partial charge in [0.25, 0.3) is 0 Å². The van der Waals surface area contributed by atoms with Crippen LogP contribution in [-0.2, 0) is 11.3 Å². The van der Waals surface area contributed by atoms with E-state index in [0.29, 0.717) is 19.8 Å². The van der Waals surface area contributed by atoms with Crippen molar-refractivity contribution in [1.82, 2.24) is 19.7 Å². The Morgan fingerprint density at radius 1 is 1.04 bits per heavy atom. The Balaban J connectivity index is 1.75. The summed E-state index contributed by atoms with van der Waals surface area (Å²) in [5.41, 5.74) is 0.797. The highest BCUT2D eigenvalue weighted by Crippen LogP contribution is 2.23. The fraction of sp³-hybridized carbons (Fsp3) is 0.312. The zero-order valence-electron chi connectivity index (χ0n) is 12.6. The minimum Gasteiger partial charge on any atom is -0.467 e. The van der Waals surface area contributed by atoms with Crippen LogP contribution < -0.4 is 4.90 Å². The Kier molecular flexibility index (Phi) is 3.77. The van der Waals surface area contributed by atoms with Crippen LogP contribution in [0, 0.1) is 0 Å². The Bertz CT molecular complexity index is 748.